The van der Waals surface area contributed by atoms with Gasteiger partial charge in [-0.1, -0.05) is 28.1 Å². The van der Waals surface area contributed by atoms with Crippen LogP contribution in [0, 0.1) is 6.92 Å². The lowest BCUT2D eigenvalue weighted by Gasteiger charge is -2.13. The molecule has 2 aromatic rings. The molecule has 0 unspecified atom stereocenters. The first-order valence-electron chi connectivity index (χ1n) is 4.72. The van der Waals surface area contributed by atoms with Crippen LogP contribution >= 0.6 is 39.7 Å². The summed E-state index contributed by atoms with van der Waals surface area (Å²) in [6.45, 7) is 2.07. The topological polar surface area (TPSA) is 26.0 Å². The molecule has 0 amide bonds. The van der Waals surface area contributed by atoms with Gasteiger partial charge in [-0.3, -0.25) is 0 Å². The fraction of sp³-hybridized carbons (Fsp3) is 0.167. The molecule has 2 N–H and O–H groups in total. The highest BCUT2D eigenvalue weighted by Gasteiger charge is 2.12. The fourth-order valence-corrected chi connectivity index (χ4v) is 2.95. The van der Waals surface area contributed by atoms with Gasteiger partial charge < -0.3 is 5.73 Å². The number of aryl methyl sites for hydroxylation is 1. The normalized spacial score (nSPS) is 11.9. The Bertz CT molecular complexity index is 456. The van der Waals surface area contributed by atoms with E-state index >= 15 is 0 Å². The maximum Gasteiger partial charge on any atom is 0.0571 e. The number of halogens is 2. The molecule has 0 saturated heterocycles. The average molecular weight is 319 g/mol. The van der Waals surface area contributed by atoms with E-state index in [1.54, 1.807) is 11.3 Å². The van der Waals surface area contributed by atoms with Crippen molar-refractivity contribution in [1.82, 2.24) is 0 Å². The zero-order valence-corrected chi connectivity index (χ0v) is 12.0. The summed E-state index contributed by atoms with van der Waals surface area (Å²) in [5, 5.41) is 4.15. The van der Waals surface area contributed by atoms with Crippen LogP contribution in [0.2, 0.25) is 0 Å². The van der Waals surface area contributed by atoms with Crippen molar-refractivity contribution in [3.63, 3.8) is 0 Å². The number of hydrogen-bond acceptors (Lipinski definition) is 2. The van der Waals surface area contributed by atoms with Gasteiger partial charge in [0.25, 0.3) is 0 Å². The van der Waals surface area contributed by atoms with Crippen LogP contribution in [0.4, 0.5) is 0 Å². The minimum atomic E-state index is -0.0359. The first-order chi connectivity index (χ1) is 7.18. The Morgan fingerprint density at radius 1 is 1.31 bits per heavy atom. The molecule has 0 bridgehead atoms. The summed E-state index contributed by atoms with van der Waals surface area (Å²) in [6.07, 6.45) is 0. The van der Waals surface area contributed by atoms with Crippen molar-refractivity contribution in [1.29, 1.82) is 0 Å². The van der Waals surface area contributed by atoms with Crippen LogP contribution in [0.3, 0.4) is 0 Å². The van der Waals surface area contributed by atoms with Gasteiger partial charge in [0.2, 0.25) is 0 Å². The number of thiophene rings is 1. The predicted octanol–water partition coefficient (Wildman–Crippen LogP) is 4.29. The van der Waals surface area contributed by atoms with E-state index in [0.29, 0.717) is 0 Å². The Kier molecular flexibility index (Phi) is 4.99. The first-order valence-corrected chi connectivity index (χ1v) is 6.46. The minimum absolute atomic E-state index is 0. The monoisotopic (exact) mass is 317 g/mol. The van der Waals surface area contributed by atoms with Crippen LogP contribution in [0.25, 0.3) is 0 Å². The van der Waals surface area contributed by atoms with Gasteiger partial charge in [0.15, 0.2) is 0 Å². The van der Waals surface area contributed by atoms with Gasteiger partial charge in [0.05, 0.1) is 6.04 Å². The van der Waals surface area contributed by atoms with Gasteiger partial charge in [-0.2, -0.15) is 11.3 Å². The molecule has 4 heteroatoms. The van der Waals surface area contributed by atoms with Crippen LogP contribution in [0.15, 0.2) is 39.5 Å². The summed E-state index contributed by atoms with van der Waals surface area (Å²) in [5.41, 5.74) is 9.74. The second-order valence-corrected chi connectivity index (χ2v) is 5.19. The summed E-state index contributed by atoms with van der Waals surface area (Å²) in [7, 11) is 0. The van der Waals surface area contributed by atoms with Crippen molar-refractivity contribution in [2.45, 2.75) is 13.0 Å². The molecule has 1 nitrogen and oxygen atoms in total. The summed E-state index contributed by atoms with van der Waals surface area (Å²) in [4.78, 5) is 0. The van der Waals surface area contributed by atoms with Crippen LogP contribution in [-0.2, 0) is 0 Å². The summed E-state index contributed by atoms with van der Waals surface area (Å²) in [5.74, 6) is 0. The van der Waals surface area contributed by atoms with Gasteiger partial charge in [0, 0.05) is 4.47 Å². The van der Waals surface area contributed by atoms with E-state index in [2.05, 4.69) is 57.9 Å². The SMILES string of the molecule is Cc1ccc([C@@H](N)c2ccsc2)c(Br)c1.Cl. The molecule has 0 spiro atoms. The standard InChI is InChI=1S/C12H12BrNS.ClH/c1-8-2-3-10(11(13)6-8)12(14)9-4-5-15-7-9;/h2-7,12H,14H2,1H3;1H/t12-;/m0./s1. The van der Waals surface area contributed by atoms with E-state index in [0.717, 1.165) is 10.0 Å². The second kappa shape index (κ2) is 5.82. The minimum Gasteiger partial charge on any atom is -0.320 e. The highest BCUT2D eigenvalue weighted by atomic mass is 79.9. The lowest BCUT2D eigenvalue weighted by Crippen LogP contribution is -2.11. The van der Waals surface area contributed by atoms with Crippen LogP contribution in [0.5, 0.6) is 0 Å². The molecule has 2 rings (SSSR count). The molecule has 0 radical (unpaired) electrons. The molecule has 0 aliphatic rings. The summed E-state index contributed by atoms with van der Waals surface area (Å²) >= 11 is 5.23. The molecular formula is C12H13BrClNS. The maximum absolute atomic E-state index is 6.19. The third-order valence-corrected chi connectivity index (χ3v) is 3.78. The van der Waals surface area contributed by atoms with E-state index in [-0.39, 0.29) is 18.4 Å². The Hall–Kier alpha value is -0.350. The van der Waals surface area contributed by atoms with E-state index in [9.17, 15) is 0 Å². The van der Waals surface area contributed by atoms with Crippen molar-refractivity contribution in [2.75, 3.05) is 0 Å². The Morgan fingerprint density at radius 3 is 2.62 bits per heavy atom. The van der Waals surface area contributed by atoms with Crippen molar-refractivity contribution >= 4 is 39.7 Å². The smallest absolute Gasteiger partial charge is 0.0571 e. The lowest BCUT2D eigenvalue weighted by atomic mass is 10.0. The highest BCUT2D eigenvalue weighted by molar-refractivity contribution is 9.10. The molecule has 0 saturated carbocycles. The number of rotatable bonds is 2. The van der Waals surface area contributed by atoms with E-state index < -0.39 is 0 Å². The average Bonchev–Trinajstić information content (AvgIpc) is 2.69. The molecule has 0 aliphatic carbocycles. The quantitative estimate of drug-likeness (QED) is 0.878. The summed E-state index contributed by atoms with van der Waals surface area (Å²) in [6, 6.07) is 8.31. The number of hydrogen-bond donors (Lipinski definition) is 1. The molecule has 1 aromatic heterocycles. The second-order valence-electron chi connectivity index (χ2n) is 3.56. The molecule has 1 heterocycles. The van der Waals surface area contributed by atoms with Gasteiger partial charge >= 0.3 is 0 Å². The van der Waals surface area contributed by atoms with Crippen LogP contribution in [0.1, 0.15) is 22.7 Å². The number of benzene rings is 1. The molecule has 1 aromatic carbocycles. The van der Waals surface area contributed by atoms with Crippen LogP contribution < -0.4 is 5.73 Å². The van der Waals surface area contributed by atoms with Crippen LogP contribution in [-0.4, -0.2) is 0 Å². The third kappa shape index (κ3) is 2.86. The molecular weight excluding hydrogens is 306 g/mol. The lowest BCUT2D eigenvalue weighted by molar-refractivity contribution is 0.870. The first kappa shape index (κ1) is 13.7. The Labute approximate surface area is 114 Å². The van der Waals surface area contributed by atoms with Crippen molar-refractivity contribution < 1.29 is 0 Å². The van der Waals surface area contributed by atoms with E-state index in [1.165, 1.54) is 11.1 Å². The van der Waals surface area contributed by atoms with Crippen molar-refractivity contribution in [3.05, 3.63) is 56.2 Å². The predicted molar refractivity (Wildman–Crippen MR) is 76.5 cm³/mol. The molecule has 86 valence electrons. The molecule has 0 aliphatic heterocycles. The van der Waals surface area contributed by atoms with Crippen molar-refractivity contribution in [2.24, 2.45) is 5.73 Å². The van der Waals surface area contributed by atoms with Gasteiger partial charge in [-0.15, -0.1) is 12.4 Å². The Morgan fingerprint density at radius 2 is 2.06 bits per heavy atom. The fourth-order valence-electron chi connectivity index (χ4n) is 1.52. The highest BCUT2D eigenvalue weighted by Crippen LogP contribution is 2.28. The van der Waals surface area contributed by atoms with Gasteiger partial charge in [-0.05, 0) is 46.5 Å². The van der Waals surface area contributed by atoms with E-state index in [4.69, 9.17) is 5.73 Å². The van der Waals surface area contributed by atoms with Gasteiger partial charge in [0.1, 0.15) is 0 Å². The molecule has 16 heavy (non-hydrogen) atoms. The molecule has 0 fully saturated rings. The third-order valence-electron chi connectivity index (χ3n) is 2.39. The van der Waals surface area contributed by atoms with E-state index in [1.807, 2.05) is 0 Å². The van der Waals surface area contributed by atoms with Gasteiger partial charge in [-0.25, -0.2) is 0 Å². The summed E-state index contributed by atoms with van der Waals surface area (Å²) < 4.78 is 1.08. The zero-order chi connectivity index (χ0) is 10.8. The Balaban J connectivity index is 0.00000128. The molecule has 1 atom stereocenters. The number of nitrogens with two attached hydrogens (primary N) is 1. The largest absolute Gasteiger partial charge is 0.320 e. The maximum atomic E-state index is 6.19. The zero-order valence-electron chi connectivity index (χ0n) is 8.81. The van der Waals surface area contributed by atoms with Crippen molar-refractivity contribution in [3.8, 4) is 0 Å².